The highest BCUT2D eigenvalue weighted by atomic mass is 16.5. The van der Waals surface area contributed by atoms with Crippen LogP contribution in [0.1, 0.15) is 17.3 Å². The molecule has 1 aromatic rings. The normalized spacial score (nSPS) is 9.47. The van der Waals surface area contributed by atoms with E-state index in [9.17, 15) is 9.59 Å². The van der Waals surface area contributed by atoms with Gasteiger partial charge in [-0.15, -0.1) is 0 Å². The predicted octanol–water partition coefficient (Wildman–Crippen LogP) is 1.38. The average Bonchev–Trinajstić information content (AvgIpc) is 2.17. The quantitative estimate of drug-likeness (QED) is 0.736. The summed E-state index contributed by atoms with van der Waals surface area (Å²) in [6.45, 7) is 1.34. The lowest BCUT2D eigenvalue weighted by Crippen LogP contribution is -2.11. The third-order valence-corrected chi connectivity index (χ3v) is 1.71. The molecule has 1 rings (SSSR count). The third kappa shape index (κ3) is 2.67. The second-order valence-electron chi connectivity index (χ2n) is 2.76. The first-order chi connectivity index (χ1) is 7.04. The van der Waals surface area contributed by atoms with Gasteiger partial charge in [-0.3, -0.25) is 10.1 Å². The molecule has 6 nitrogen and oxygen atoms in total. The summed E-state index contributed by atoms with van der Waals surface area (Å²) in [5.41, 5.74) is 0.375. The summed E-state index contributed by atoms with van der Waals surface area (Å²) in [4.78, 5) is 25.4. The van der Waals surface area contributed by atoms with Crippen molar-refractivity contribution in [3.8, 4) is 5.88 Å². The number of carboxylic acid groups (broad SMARTS) is 1. The molecule has 0 saturated heterocycles. The summed E-state index contributed by atoms with van der Waals surface area (Å²) >= 11 is 0. The van der Waals surface area contributed by atoms with Gasteiger partial charge in [0, 0.05) is 11.6 Å². The van der Waals surface area contributed by atoms with Gasteiger partial charge in [0.2, 0.25) is 5.88 Å². The Hall–Kier alpha value is -2.11. The molecule has 0 spiro atoms. The molecule has 0 aliphatic carbocycles. The number of hydrogen-bond donors (Lipinski definition) is 2. The molecule has 0 fully saturated rings. The molecule has 15 heavy (non-hydrogen) atoms. The van der Waals surface area contributed by atoms with Crippen molar-refractivity contribution in [3.63, 3.8) is 0 Å². The minimum Gasteiger partial charge on any atom is -0.481 e. The first-order valence-corrected chi connectivity index (χ1v) is 4.09. The summed E-state index contributed by atoms with van der Waals surface area (Å²) in [7, 11) is 1.41. The van der Waals surface area contributed by atoms with Crippen molar-refractivity contribution in [2.24, 2.45) is 0 Å². The number of carbonyl (C=O) groups excluding carboxylic acids is 1. The van der Waals surface area contributed by atoms with Crippen molar-refractivity contribution in [3.05, 3.63) is 17.8 Å². The number of carbonyl (C=O) groups is 2. The first kappa shape index (κ1) is 11.0. The highest BCUT2D eigenvalue weighted by Gasteiger charge is 2.11. The van der Waals surface area contributed by atoms with Crippen LogP contribution in [0, 0.1) is 0 Å². The molecule has 0 radical (unpaired) electrons. The molecule has 6 heteroatoms. The van der Waals surface area contributed by atoms with Crippen molar-refractivity contribution in [2.75, 3.05) is 12.4 Å². The molecule has 0 saturated carbocycles. The molecule has 0 aromatic carbocycles. The Morgan fingerprint density at radius 1 is 1.53 bits per heavy atom. The number of anilines is 1. The number of nitrogens with zero attached hydrogens (tertiary/aromatic N) is 1. The maximum Gasteiger partial charge on any atom is 0.409 e. The molecule has 0 aliphatic heterocycles. The molecule has 0 atom stereocenters. The van der Waals surface area contributed by atoms with Gasteiger partial charge < -0.3 is 9.84 Å². The van der Waals surface area contributed by atoms with Gasteiger partial charge in [-0.1, -0.05) is 0 Å². The number of methoxy groups -OCH3 is 1. The van der Waals surface area contributed by atoms with Crippen LogP contribution >= 0.6 is 0 Å². The molecule has 80 valence electrons. The van der Waals surface area contributed by atoms with Crippen LogP contribution in [0.5, 0.6) is 5.88 Å². The van der Waals surface area contributed by atoms with E-state index >= 15 is 0 Å². The summed E-state index contributed by atoms with van der Waals surface area (Å²) in [5, 5.41) is 10.6. The SMILES string of the molecule is COc1cc(C(C)=O)c(NC(=O)O)cn1. The predicted molar refractivity (Wildman–Crippen MR) is 52.4 cm³/mol. The van der Waals surface area contributed by atoms with E-state index in [0.717, 1.165) is 0 Å². The van der Waals surface area contributed by atoms with Gasteiger partial charge in [0.15, 0.2) is 5.78 Å². The number of rotatable bonds is 3. The van der Waals surface area contributed by atoms with Crippen LogP contribution < -0.4 is 10.1 Å². The van der Waals surface area contributed by atoms with Crippen molar-refractivity contribution in [1.29, 1.82) is 0 Å². The average molecular weight is 210 g/mol. The van der Waals surface area contributed by atoms with E-state index in [0.29, 0.717) is 0 Å². The fourth-order valence-electron chi connectivity index (χ4n) is 1.05. The standard InChI is InChI=1S/C9H10N2O4/c1-5(12)6-3-8(15-2)10-4-7(6)11-9(13)14/h3-4,11H,1-2H3,(H,13,14). The second-order valence-corrected chi connectivity index (χ2v) is 2.76. The fourth-order valence-corrected chi connectivity index (χ4v) is 1.05. The van der Waals surface area contributed by atoms with Crippen LogP contribution in [-0.2, 0) is 0 Å². The minimum absolute atomic E-state index is 0.149. The lowest BCUT2D eigenvalue weighted by Gasteiger charge is -2.07. The third-order valence-electron chi connectivity index (χ3n) is 1.71. The molecular weight excluding hydrogens is 200 g/mol. The maximum absolute atomic E-state index is 11.2. The van der Waals surface area contributed by atoms with Crippen LogP contribution in [0.25, 0.3) is 0 Å². The summed E-state index contributed by atoms with van der Waals surface area (Å²) in [6.07, 6.45) is -0.00610. The van der Waals surface area contributed by atoms with Gasteiger partial charge in [-0.25, -0.2) is 9.78 Å². The van der Waals surface area contributed by atoms with E-state index in [2.05, 4.69) is 10.3 Å². The van der Waals surface area contributed by atoms with Crippen LogP contribution in [-0.4, -0.2) is 29.1 Å². The molecule has 0 bridgehead atoms. The zero-order chi connectivity index (χ0) is 11.4. The van der Waals surface area contributed by atoms with E-state index in [1.54, 1.807) is 0 Å². The van der Waals surface area contributed by atoms with Gasteiger partial charge in [0.25, 0.3) is 0 Å². The molecule has 0 aliphatic rings. The van der Waals surface area contributed by atoms with E-state index in [1.165, 1.54) is 26.3 Å². The van der Waals surface area contributed by atoms with Crippen molar-refractivity contribution < 1.29 is 19.4 Å². The summed E-state index contributed by atoms with van der Waals surface area (Å²) < 4.78 is 4.83. The van der Waals surface area contributed by atoms with Crippen molar-refractivity contribution in [2.45, 2.75) is 6.92 Å². The number of Topliss-reactive ketones (excluding diaryl/α,β-unsaturated/α-hetero) is 1. The smallest absolute Gasteiger partial charge is 0.409 e. The summed E-state index contributed by atoms with van der Waals surface area (Å²) in [6, 6.07) is 1.38. The van der Waals surface area contributed by atoms with Gasteiger partial charge in [-0.2, -0.15) is 0 Å². The number of hydrogen-bond acceptors (Lipinski definition) is 4. The van der Waals surface area contributed by atoms with Crippen molar-refractivity contribution >= 4 is 17.6 Å². The molecule has 1 aromatic heterocycles. The molecule has 2 N–H and O–H groups in total. The Bertz CT molecular complexity index is 403. The van der Waals surface area contributed by atoms with E-state index < -0.39 is 6.09 Å². The van der Waals surface area contributed by atoms with Gasteiger partial charge in [0.05, 0.1) is 19.0 Å². The van der Waals surface area contributed by atoms with Gasteiger partial charge in [0.1, 0.15) is 0 Å². The lowest BCUT2D eigenvalue weighted by atomic mass is 10.1. The van der Waals surface area contributed by atoms with E-state index in [1.807, 2.05) is 0 Å². The number of pyridine rings is 1. The van der Waals surface area contributed by atoms with Gasteiger partial charge in [-0.05, 0) is 6.92 Å². The van der Waals surface area contributed by atoms with Crippen LogP contribution in [0.15, 0.2) is 12.3 Å². The van der Waals surface area contributed by atoms with E-state index in [4.69, 9.17) is 9.84 Å². The maximum atomic E-state index is 11.2. The molecular formula is C9H10N2O4. The topological polar surface area (TPSA) is 88.5 Å². The molecule has 1 amide bonds. The van der Waals surface area contributed by atoms with Crippen LogP contribution in [0.4, 0.5) is 10.5 Å². The summed E-state index contributed by atoms with van der Waals surface area (Å²) in [5.74, 6) is -0.00408. The zero-order valence-corrected chi connectivity index (χ0v) is 8.27. The Balaban J connectivity index is 3.15. The highest BCUT2D eigenvalue weighted by molar-refractivity contribution is 6.02. The Morgan fingerprint density at radius 3 is 2.67 bits per heavy atom. The van der Waals surface area contributed by atoms with Crippen LogP contribution in [0.2, 0.25) is 0 Å². The Labute approximate surface area is 85.9 Å². The largest absolute Gasteiger partial charge is 0.481 e. The monoisotopic (exact) mass is 210 g/mol. The number of ether oxygens (including phenoxy) is 1. The van der Waals surface area contributed by atoms with E-state index in [-0.39, 0.29) is 22.9 Å². The van der Waals surface area contributed by atoms with Crippen molar-refractivity contribution in [1.82, 2.24) is 4.98 Å². The first-order valence-electron chi connectivity index (χ1n) is 4.09. The lowest BCUT2D eigenvalue weighted by molar-refractivity contribution is 0.101. The Kier molecular flexibility index (Phi) is 3.22. The Morgan fingerprint density at radius 2 is 2.20 bits per heavy atom. The minimum atomic E-state index is -1.25. The number of nitrogens with one attached hydrogen (secondary N) is 1. The highest BCUT2D eigenvalue weighted by Crippen LogP contribution is 2.19. The number of amides is 1. The van der Waals surface area contributed by atoms with Crippen LogP contribution in [0.3, 0.4) is 0 Å². The zero-order valence-electron chi connectivity index (χ0n) is 8.27. The molecule has 1 heterocycles. The molecule has 0 unspecified atom stereocenters. The number of ketones is 1. The second kappa shape index (κ2) is 4.41. The number of aromatic nitrogens is 1. The van der Waals surface area contributed by atoms with Gasteiger partial charge >= 0.3 is 6.09 Å². The fraction of sp³-hybridized carbons (Fsp3) is 0.222.